The SMILES string of the molecule is COc1ccc(C2NCCc3cc(OC)c(OC)cc32)cc1C. The maximum atomic E-state index is 5.47. The van der Waals surface area contributed by atoms with Crippen molar-refractivity contribution in [2.75, 3.05) is 27.9 Å². The van der Waals surface area contributed by atoms with E-state index < -0.39 is 0 Å². The van der Waals surface area contributed by atoms with Crippen LogP contribution in [0.25, 0.3) is 0 Å². The highest BCUT2D eigenvalue weighted by molar-refractivity contribution is 5.52. The molecule has 0 aliphatic carbocycles. The van der Waals surface area contributed by atoms with Crippen LogP contribution in [0.4, 0.5) is 0 Å². The summed E-state index contributed by atoms with van der Waals surface area (Å²) >= 11 is 0. The summed E-state index contributed by atoms with van der Waals surface area (Å²) in [6, 6.07) is 10.7. The average molecular weight is 313 g/mol. The summed E-state index contributed by atoms with van der Waals surface area (Å²) in [5.74, 6) is 2.47. The van der Waals surface area contributed by atoms with E-state index in [4.69, 9.17) is 14.2 Å². The van der Waals surface area contributed by atoms with Crippen LogP contribution >= 0.6 is 0 Å². The molecule has 0 radical (unpaired) electrons. The average Bonchev–Trinajstić information content (AvgIpc) is 2.59. The molecule has 3 rings (SSSR count). The van der Waals surface area contributed by atoms with E-state index in [9.17, 15) is 0 Å². The normalized spacial score (nSPS) is 16.6. The van der Waals surface area contributed by atoms with Crippen molar-refractivity contribution in [2.24, 2.45) is 0 Å². The van der Waals surface area contributed by atoms with Crippen molar-refractivity contribution in [3.63, 3.8) is 0 Å². The molecule has 23 heavy (non-hydrogen) atoms. The molecule has 4 nitrogen and oxygen atoms in total. The van der Waals surface area contributed by atoms with Crippen molar-refractivity contribution in [2.45, 2.75) is 19.4 Å². The number of methoxy groups -OCH3 is 3. The van der Waals surface area contributed by atoms with Gasteiger partial charge >= 0.3 is 0 Å². The van der Waals surface area contributed by atoms with Crippen LogP contribution in [0.1, 0.15) is 28.3 Å². The van der Waals surface area contributed by atoms with E-state index in [1.165, 1.54) is 16.7 Å². The van der Waals surface area contributed by atoms with E-state index in [0.29, 0.717) is 0 Å². The number of rotatable bonds is 4. The first-order valence-corrected chi connectivity index (χ1v) is 7.80. The van der Waals surface area contributed by atoms with Crippen molar-refractivity contribution in [1.29, 1.82) is 0 Å². The van der Waals surface area contributed by atoms with Gasteiger partial charge < -0.3 is 19.5 Å². The lowest BCUT2D eigenvalue weighted by molar-refractivity contribution is 0.353. The van der Waals surface area contributed by atoms with Crippen LogP contribution in [-0.2, 0) is 6.42 Å². The molecule has 2 aromatic rings. The maximum absolute atomic E-state index is 5.47. The Morgan fingerprint density at radius 2 is 1.61 bits per heavy atom. The summed E-state index contributed by atoms with van der Waals surface area (Å²) in [4.78, 5) is 0. The third-order valence-electron chi connectivity index (χ3n) is 4.45. The van der Waals surface area contributed by atoms with Crippen molar-refractivity contribution < 1.29 is 14.2 Å². The van der Waals surface area contributed by atoms with Crippen molar-refractivity contribution in [1.82, 2.24) is 5.32 Å². The van der Waals surface area contributed by atoms with Gasteiger partial charge in [0.05, 0.1) is 27.4 Å². The second kappa shape index (κ2) is 6.50. The molecule has 0 spiro atoms. The lowest BCUT2D eigenvalue weighted by atomic mass is 9.88. The van der Waals surface area contributed by atoms with Crippen LogP contribution in [0.5, 0.6) is 17.2 Å². The highest BCUT2D eigenvalue weighted by Gasteiger charge is 2.24. The van der Waals surface area contributed by atoms with E-state index in [1.54, 1.807) is 21.3 Å². The van der Waals surface area contributed by atoms with Gasteiger partial charge in [-0.1, -0.05) is 12.1 Å². The van der Waals surface area contributed by atoms with Crippen molar-refractivity contribution >= 4 is 0 Å². The number of benzene rings is 2. The Balaban J connectivity index is 2.05. The molecule has 0 aromatic heterocycles. The van der Waals surface area contributed by atoms with Gasteiger partial charge in [0.25, 0.3) is 0 Å². The molecule has 0 amide bonds. The number of fused-ring (bicyclic) bond motifs is 1. The van der Waals surface area contributed by atoms with Gasteiger partial charge in [-0.25, -0.2) is 0 Å². The smallest absolute Gasteiger partial charge is 0.161 e. The number of hydrogen-bond acceptors (Lipinski definition) is 4. The van der Waals surface area contributed by atoms with E-state index in [0.717, 1.165) is 35.8 Å². The van der Waals surface area contributed by atoms with Crippen LogP contribution < -0.4 is 19.5 Å². The molecule has 1 atom stereocenters. The molecule has 1 N–H and O–H groups in total. The van der Waals surface area contributed by atoms with Gasteiger partial charge in [-0.05, 0) is 53.8 Å². The number of hydrogen-bond donors (Lipinski definition) is 1. The minimum absolute atomic E-state index is 0.156. The summed E-state index contributed by atoms with van der Waals surface area (Å²) in [5.41, 5.74) is 4.93. The largest absolute Gasteiger partial charge is 0.496 e. The Bertz CT molecular complexity index is 712. The molecule has 1 heterocycles. The Labute approximate surface area is 137 Å². The molecule has 0 saturated heterocycles. The molecular formula is C19H23NO3. The van der Waals surface area contributed by atoms with Crippen LogP contribution in [-0.4, -0.2) is 27.9 Å². The van der Waals surface area contributed by atoms with Gasteiger partial charge in [0.15, 0.2) is 11.5 Å². The first-order chi connectivity index (χ1) is 11.2. The molecule has 122 valence electrons. The third-order valence-corrected chi connectivity index (χ3v) is 4.45. The Hall–Kier alpha value is -2.20. The molecule has 4 heteroatoms. The highest BCUT2D eigenvalue weighted by atomic mass is 16.5. The first-order valence-electron chi connectivity index (χ1n) is 7.80. The summed E-state index contributed by atoms with van der Waals surface area (Å²) < 4.78 is 16.3. The Morgan fingerprint density at radius 1 is 0.913 bits per heavy atom. The Morgan fingerprint density at radius 3 is 2.26 bits per heavy atom. The molecule has 0 saturated carbocycles. The van der Waals surface area contributed by atoms with Gasteiger partial charge in [-0.2, -0.15) is 0 Å². The van der Waals surface area contributed by atoms with Gasteiger partial charge in [0, 0.05) is 6.54 Å². The molecular weight excluding hydrogens is 290 g/mol. The third kappa shape index (κ3) is 2.86. The van der Waals surface area contributed by atoms with Crippen LogP contribution in [0.3, 0.4) is 0 Å². The van der Waals surface area contributed by atoms with E-state index in [-0.39, 0.29) is 6.04 Å². The fourth-order valence-electron chi connectivity index (χ4n) is 3.26. The summed E-state index contributed by atoms with van der Waals surface area (Å²) in [6.45, 7) is 3.01. The summed E-state index contributed by atoms with van der Waals surface area (Å²) in [5, 5.41) is 3.61. The van der Waals surface area contributed by atoms with Crippen molar-refractivity contribution in [3.8, 4) is 17.2 Å². The van der Waals surface area contributed by atoms with E-state index in [2.05, 4.69) is 36.5 Å². The zero-order chi connectivity index (χ0) is 16.4. The maximum Gasteiger partial charge on any atom is 0.161 e. The first kappa shape index (κ1) is 15.7. The lowest BCUT2D eigenvalue weighted by Gasteiger charge is -2.29. The highest BCUT2D eigenvalue weighted by Crippen LogP contribution is 2.38. The number of aryl methyl sites for hydroxylation is 1. The summed E-state index contributed by atoms with van der Waals surface area (Å²) in [6.07, 6.45) is 0.987. The van der Waals surface area contributed by atoms with E-state index >= 15 is 0 Å². The fourth-order valence-corrected chi connectivity index (χ4v) is 3.26. The van der Waals surface area contributed by atoms with E-state index in [1.807, 2.05) is 6.07 Å². The standard InChI is InChI=1S/C19H23NO3/c1-12-9-14(5-6-16(12)21-2)19-15-11-18(23-4)17(22-3)10-13(15)7-8-20-19/h5-6,9-11,19-20H,7-8H2,1-4H3. The second-order valence-corrected chi connectivity index (χ2v) is 5.77. The van der Waals surface area contributed by atoms with Gasteiger partial charge in [-0.3, -0.25) is 0 Å². The topological polar surface area (TPSA) is 39.7 Å². The zero-order valence-corrected chi connectivity index (χ0v) is 14.1. The zero-order valence-electron chi connectivity index (χ0n) is 14.1. The Kier molecular flexibility index (Phi) is 4.44. The predicted molar refractivity (Wildman–Crippen MR) is 90.8 cm³/mol. The number of nitrogens with one attached hydrogen (secondary N) is 1. The van der Waals surface area contributed by atoms with Crippen LogP contribution in [0.15, 0.2) is 30.3 Å². The van der Waals surface area contributed by atoms with Crippen molar-refractivity contribution in [3.05, 3.63) is 52.6 Å². The molecule has 0 fully saturated rings. The minimum atomic E-state index is 0.156. The van der Waals surface area contributed by atoms with Crippen LogP contribution in [0.2, 0.25) is 0 Å². The van der Waals surface area contributed by atoms with Crippen LogP contribution in [0, 0.1) is 6.92 Å². The van der Waals surface area contributed by atoms with Gasteiger partial charge in [-0.15, -0.1) is 0 Å². The molecule has 1 aliphatic heterocycles. The van der Waals surface area contributed by atoms with Gasteiger partial charge in [0.2, 0.25) is 0 Å². The molecule has 1 aliphatic rings. The quantitative estimate of drug-likeness (QED) is 0.940. The molecule has 0 bridgehead atoms. The second-order valence-electron chi connectivity index (χ2n) is 5.77. The minimum Gasteiger partial charge on any atom is -0.496 e. The predicted octanol–water partition coefficient (Wildman–Crippen LogP) is 3.26. The van der Waals surface area contributed by atoms with Gasteiger partial charge in [0.1, 0.15) is 5.75 Å². The molecule has 2 aromatic carbocycles. The fraction of sp³-hybridized carbons (Fsp3) is 0.368. The lowest BCUT2D eigenvalue weighted by Crippen LogP contribution is -2.30. The monoisotopic (exact) mass is 313 g/mol. The molecule has 1 unspecified atom stereocenters. The summed E-state index contributed by atoms with van der Waals surface area (Å²) in [7, 11) is 5.05. The number of ether oxygens (including phenoxy) is 3.